The summed E-state index contributed by atoms with van der Waals surface area (Å²) < 4.78 is 11.9. The molecule has 0 radical (unpaired) electrons. The van der Waals surface area contributed by atoms with E-state index in [-0.39, 0.29) is 31.0 Å². The number of pyridine rings is 1. The standard InChI is InChI=1S/C31H44N2O5/c1-2-23-7-3-4-11-29(38-20-18-34)26(10-5-8-23)27(35)14-12-25-13-15-28(36)30(21-25)37-19-6-9-24-16-17-33-31(32)22-24/h13,15-17,21-23,26-27,29,34-36H,2-4,6-7,9-12,14,18-20H2,1H3,(H2,32,33)/t23-,26-,27-,29+/m1/s1. The summed E-state index contributed by atoms with van der Waals surface area (Å²) in [4.78, 5) is 4.01. The molecule has 5 N–H and O–H groups in total. The number of rotatable bonds is 13. The second-order valence-electron chi connectivity index (χ2n) is 10.2. The minimum Gasteiger partial charge on any atom is -0.504 e. The third-order valence-electron chi connectivity index (χ3n) is 7.29. The molecule has 0 fully saturated rings. The molecule has 0 amide bonds. The van der Waals surface area contributed by atoms with Crippen LogP contribution in [0.4, 0.5) is 5.82 Å². The first-order chi connectivity index (χ1) is 18.5. The van der Waals surface area contributed by atoms with Gasteiger partial charge in [0.05, 0.1) is 32.0 Å². The molecule has 0 bridgehead atoms. The molecule has 0 unspecified atom stereocenters. The van der Waals surface area contributed by atoms with E-state index in [0.717, 1.165) is 56.1 Å². The molecule has 4 atom stereocenters. The molecule has 1 heterocycles. The zero-order valence-electron chi connectivity index (χ0n) is 22.6. The molecular weight excluding hydrogens is 480 g/mol. The van der Waals surface area contributed by atoms with Crippen LogP contribution in [-0.4, -0.2) is 52.3 Å². The summed E-state index contributed by atoms with van der Waals surface area (Å²) in [6, 6.07) is 9.16. The number of nitrogen functional groups attached to an aromatic ring is 1. The lowest BCUT2D eigenvalue weighted by Crippen LogP contribution is -2.35. The Morgan fingerprint density at radius 3 is 2.71 bits per heavy atom. The van der Waals surface area contributed by atoms with Gasteiger partial charge >= 0.3 is 0 Å². The van der Waals surface area contributed by atoms with E-state index >= 15 is 0 Å². The number of hydrogen-bond acceptors (Lipinski definition) is 7. The fraction of sp³-hybridized carbons (Fsp3) is 0.581. The molecule has 0 spiro atoms. The maximum atomic E-state index is 11.2. The predicted molar refractivity (Wildman–Crippen MR) is 150 cm³/mol. The number of anilines is 1. The van der Waals surface area contributed by atoms with Crippen LogP contribution in [0.3, 0.4) is 0 Å². The van der Waals surface area contributed by atoms with Crippen LogP contribution in [0, 0.1) is 23.7 Å². The van der Waals surface area contributed by atoms with Crippen molar-refractivity contribution in [3.8, 4) is 23.3 Å². The molecule has 2 aromatic rings. The van der Waals surface area contributed by atoms with Gasteiger partial charge in [0.15, 0.2) is 11.5 Å². The zero-order chi connectivity index (χ0) is 27.2. The van der Waals surface area contributed by atoms with Crippen molar-refractivity contribution in [3.05, 3.63) is 47.7 Å². The summed E-state index contributed by atoms with van der Waals surface area (Å²) in [5.41, 5.74) is 7.83. The first-order valence-electron chi connectivity index (χ1n) is 14.0. The molecule has 1 aliphatic carbocycles. The monoisotopic (exact) mass is 524 g/mol. The Morgan fingerprint density at radius 2 is 1.92 bits per heavy atom. The topological polar surface area (TPSA) is 118 Å². The Kier molecular flexibility index (Phi) is 12.7. The van der Waals surface area contributed by atoms with Crippen LogP contribution in [-0.2, 0) is 17.6 Å². The van der Waals surface area contributed by atoms with E-state index in [2.05, 4.69) is 23.7 Å². The molecule has 0 saturated heterocycles. The Morgan fingerprint density at radius 1 is 1.11 bits per heavy atom. The Hall–Kier alpha value is -2.79. The van der Waals surface area contributed by atoms with E-state index in [9.17, 15) is 15.3 Å². The number of benzene rings is 1. The summed E-state index contributed by atoms with van der Waals surface area (Å²) in [7, 11) is 0. The number of hydrogen-bond donors (Lipinski definition) is 4. The maximum absolute atomic E-state index is 11.2. The van der Waals surface area contributed by atoms with Gasteiger partial charge in [-0.1, -0.05) is 31.8 Å². The van der Waals surface area contributed by atoms with Crippen LogP contribution in [0.2, 0.25) is 0 Å². The van der Waals surface area contributed by atoms with Gasteiger partial charge in [-0.05, 0) is 80.3 Å². The third-order valence-corrected chi connectivity index (χ3v) is 7.29. The lowest BCUT2D eigenvalue weighted by molar-refractivity contribution is -0.0515. The zero-order valence-corrected chi connectivity index (χ0v) is 22.6. The largest absolute Gasteiger partial charge is 0.504 e. The second-order valence-corrected chi connectivity index (χ2v) is 10.2. The molecule has 208 valence electrons. The SMILES string of the molecule is CC[C@H]1C#CC[C@H]([C@H](O)CCc2ccc(O)c(OCCCc3ccnc(N)c3)c2)[C@@H](OCCO)CCCC1. The number of aliphatic hydroxyl groups excluding tert-OH is 2. The fourth-order valence-corrected chi connectivity index (χ4v) is 5.04. The molecule has 0 saturated carbocycles. The van der Waals surface area contributed by atoms with Gasteiger partial charge in [-0.2, -0.15) is 0 Å². The number of nitrogens with zero attached hydrogens (tertiary/aromatic N) is 1. The summed E-state index contributed by atoms with van der Waals surface area (Å²) in [6.07, 6.45) is 9.50. The summed E-state index contributed by atoms with van der Waals surface area (Å²) >= 11 is 0. The molecule has 1 aromatic carbocycles. The molecule has 0 aliphatic heterocycles. The molecule has 38 heavy (non-hydrogen) atoms. The average Bonchev–Trinajstić information content (AvgIpc) is 2.92. The molecule has 7 heteroatoms. The highest BCUT2D eigenvalue weighted by Crippen LogP contribution is 2.30. The van der Waals surface area contributed by atoms with Crippen molar-refractivity contribution in [1.29, 1.82) is 0 Å². The summed E-state index contributed by atoms with van der Waals surface area (Å²) in [5.74, 6) is 8.11. The van der Waals surface area contributed by atoms with Crippen LogP contribution < -0.4 is 10.5 Å². The van der Waals surface area contributed by atoms with Crippen molar-refractivity contribution in [2.24, 2.45) is 11.8 Å². The van der Waals surface area contributed by atoms with Crippen LogP contribution in [0.15, 0.2) is 36.5 Å². The first-order valence-corrected chi connectivity index (χ1v) is 14.0. The fourth-order valence-electron chi connectivity index (χ4n) is 5.04. The highest BCUT2D eigenvalue weighted by atomic mass is 16.5. The minimum absolute atomic E-state index is 0.0319. The summed E-state index contributed by atoms with van der Waals surface area (Å²) in [6.45, 7) is 2.88. The Bertz CT molecular complexity index is 1030. The van der Waals surface area contributed by atoms with Gasteiger partial charge in [0.25, 0.3) is 0 Å². The van der Waals surface area contributed by atoms with Crippen molar-refractivity contribution in [2.45, 2.75) is 83.3 Å². The van der Waals surface area contributed by atoms with Crippen LogP contribution in [0.5, 0.6) is 11.5 Å². The van der Waals surface area contributed by atoms with Gasteiger partial charge in [0.2, 0.25) is 0 Å². The molecule has 1 aromatic heterocycles. The van der Waals surface area contributed by atoms with Crippen molar-refractivity contribution in [1.82, 2.24) is 4.98 Å². The number of phenolic OH excluding ortho intramolecular Hbond substituents is 1. The number of aromatic nitrogens is 1. The molecule has 7 nitrogen and oxygen atoms in total. The molecular formula is C31H44N2O5. The van der Waals surface area contributed by atoms with Crippen LogP contribution >= 0.6 is 0 Å². The van der Waals surface area contributed by atoms with Crippen molar-refractivity contribution in [2.75, 3.05) is 25.6 Å². The van der Waals surface area contributed by atoms with Crippen molar-refractivity contribution in [3.63, 3.8) is 0 Å². The normalized spacial score (nSPS) is 20.8. The maximum Gasteiger partial charge on any atom is 0.161 e. The van der Waals surface area contributed by atoms with Crippen molar-refractivity contribution >= 4 is 5.82 Å². The van der Waals surface area contributed by atoms with E-state index in [1.165, 1.54) is 0 Å². The van der Waals surface area contributed by atoms with Gasteiger partial charge in [-0.3, -0.25) is 0 Å². The lowest BCUT2D eigenvalue weighted by atomic mass is 9.85. The van der Waals surface area contributed by atoms with Gasteiger partial charge in [0, 0.05) is 24.5 Å². The number of aromatic hydroxyl groups is 1. The average molecular weight is 525 g/mol. The number of ether oxygens (including phenoxy) is 2. The lowest BCUT2D eigenvalue weighted by Gasteiger charge is -2.30. The van der Waals surface area contributed by atoms with Gasteiger partial charge in [0.1, 0.15) is 5.82 Å². The minimum atomic E-state index is -0.585. The highest BCUT2D eigenvalue weighted by molar-refractivity contribution is 5.42. The van der Waals surface area contributed by atoms with E-state index in [1.54, 1.807) is 12.3 Å². The van der Waals surface area contributed by atoms with Gasteiger partial charge in [-0.25, -0.2) is 4.98 Å². The Balaban J connectivity index is 1.58. The van der Waals surface area contributed by atoms with Gasteiger partial charge in [-0.15, -0.1) is 5.92 Å². The summed E-state index contributed by atoms with van der Waals surface area (Å²) in [5, 5.41) is 30.8. The number of aliphatic hydroxyl groups is 2. The van der Waals surface area contributed by atoms with E-state index in [0.29, 0.717) is 43.4 Å². The van der Waals surface area contributed by atoms with Crippen molar-refractivity contribution < 1.29 is 24.8 Å². The number of nitrogens with two attached hydrogens (primary N) is 1. The quantitative estimate of drug-likeness (QED) is 0.222. The van der Waals surface area contributed by atoms with E-state index in [1.807, 2.05) is 24.3 Å². The van der Waals surface area contributed by atoms with Gasteiger partial charge < -0.3 is 30.5 Å². The van der Waals surface area contributed by atoms with E-state index < -0.39 is 6.10 Å². The third kappa shape index (κ3) is 9.83. The Labute approximate surface area is 227 Å². The highest BCUT2D eigenvalue weighted by Gasteiger charge is 2.29. The van der Waals surface area contributed by atoms with Crippen LogP contribution in [0.25, 0.3) is 0 Å². The second kappa shape index (κ2) is 16.2. The molecule has 1 aliphatic rings. The van der Waals surface area contributed by atoms with E-state index in [4.69, 9.17) is 15.2 Å². The number of aryl methyl sites for hydroxylation is 2. The smallest absolute Gasteiger partial charge is 0.161 e. The predicted octanol–water partition coefficient (Wildman–Crippen LogP) is 4.66. The number of phenols is 1. The van der Waals surface area contributed by atoms with Crippen LogP contribution in [0.1, 0.15) is 69.4 Å². The molecule has 3 rings (SSSR count). The first kappa shape index (κ1) is 29.8.